The molecule has 0 aromatic heterocycles. The van der Waals surface area contributed by atoms with Gasteiger partial charge in [0.15, 0.2) is 19.2 Å². The first-order valence-electron chi connectivity index (χ1n) is 24.8. The molecule has 10 nitrogen and oxygen atoms in total. The molecule has 11 heteroatoms. The number of rotatable bonds is 13. The lowest BCUT2D eigenvalue weighted by Crippen LogP contribution is -2.53. The van der Waals surface area contributed by atoms with Crippen LogP contribution >= 0.6 is 11.8 Å². The fourth-order valence-electron chi connectivity index (χ4n) is 10.5. The van der Waals surface area contributed by atoms with Gasteiger partial charge in [0.2, 0.25) is 5.36 Å². The summed E-state index contributed by atoms with van der Waals surface area (Å²) in [5, 5.41) is 13.7. The van der Waals surface area contributed by atoms with E-state index >= 15 is 0 Å². The molecule has 0 radical (unpaired) electrons. The topological polar surface area (TPSA) is 90.9 Å². The van der Waals surface area contributed by atoms with Crippen LogP contribution in [0, 0.1) is 0 Å². The highest BCUT2D eigenvalue weighted by Crippen LogP contribution is 2.51. The van der Waals surface area contributed by atoms with E-state index in [1.807, 2.05) is 96.7 Å². The highest BCUT2D eigenvalue weighted by molar-refractivity contribution is 7.99. The van der Waals surface area contributed by atoms with Crippen LogP contribution in [0.15, 0.2) is 202 Å². The van der Waals surface area contributed by atoms with Crippen molar-refractivity contribution in [2.75, 3.05) is 70.4 Å². The molecule has 11 rings (SSSR count). The summed E-state index contributed by atoms with van der Waals surface area (Å²) in [5.74, 6) is 1.80. The van der Waals surface area contributed by atoms with Gasteiger partial charge in [0.05, 0.1) is 51.4 Å². The summed E-state index contributed by atoms with van der Waals surface area (Å²) in [6, 6.07) is 64.0. The predicted molar refractivity (Wildman–Crippen MR) is 292 cm³/mol. The Kier molecular flexibility index (Phi) is 13.2. The number of hydrogen-bond donors (Lipinski definition) is 1. The molecule has 3 aliphatic heterocycles. The van der Waals surface area contributed by atoms with Crippen molar-refractivity contribution in [3.05, 3.63) is 210 Å². The van der Waals surface area contributed by atoms with Gasteiger partial charge in [-0.25, -0.2) is 4.58 Å². The quantitative estimate of drug-likeness (QED) is 0.0689. The minimum Gasteiger partial charge on any atom is -0.497 e. The van der Waals surface area contributed by atoms with Gasteiger partial charge in [0, 0.05) is 63.4 Å². The molecule has 1 aliphatic carbocycles. The molecule has 1 N–H and O–H groups in total. The number of piperazine rings is 1. The highest BCUT2D eigenvalue weighted by Gasteiger charge is 2.40. The summed E-state index contributed by atoms with van der Waals surface area (Å²) in [6.07, 6.45) is -1.41. The second-order valence-corrected chi connectivity index (χ2v) is 19.5. The van der Waals surface area contributed by atoms with E-state index in [1.165, 1.54) is 21.2 Å². The molecule has 7 aromatic rings. The van der Waals surface area contributed by atoms with Crippen LogP contribution < -0.4 is 29.2 Å². The molecule has 3 heterocycles. The summed E-state index contributed by atoms with van der Waals surface area (Å²) >= 11 is 1.82. The zero-order valence-corrected chi connectivity index (χ0v) is 42.2. The maximum Gasteiger partial charge on any atom is 0.254 e. The maximum absolute atomic E-state index is 14.2. The number of hydrogen-bond acceptors (Lipinski definition) is 9. The number of carbonyl (C=O) groups is 1. The number of para-hydroxylation sites is 2. The van der Waals surface area contributed by atoms with Crippen LogP contribution in [0.3, 0.4) is 0 Å². The minimum absolute atomic E-state index is 0.246. The molecule has 0 spiro atoms. The van der Waals surface area contributed by atoms with E-state index in [-0.39, 0.29) is 12.5 Å². The lowest BCUT2D eigenvalue weighted by molar-refractivity contribution is -0.146. The van der Waals surface area contributed by atoms with Gasteiger partial charge in [-0.3, -0.25) is 4.79 Å². The third-order valence-corrected chi connectivity index (χ3v) is 15.4. The Balaban J connectivity index is 0.897. The second-order valence-electron chi connectivity index (χ2n) is 18.4. The van der Waals surface area contributed by atoms with Gasteiger partial charge in [-0.05, 0) is 108 Å². The van der Waals surface area contributed by atoms with Crippen molar-refractivity contribution in [1.82, 2.24) is 9.48 Å². The average molecular weight is 986 g/mol. The van der Waals surface area contributed by atoms with Crippen LogP contribution in [0.1, 0.15) is 23.6 Å². The predicted octanol–water partition coefficient (Wildman–Crippen LogP) is 11.6. The summed E-state index contributed by atoms with van der Waals surface area (Å²) in [4.78, 5) is 22.9. The first-order valence-corrected chi connectivity index (χ1v) is 25.6. The van der Waals surface area contributed by atoms with E-state index < -0.39 is 11.7 Å². The Morgan fingerprint density at radius 1 is 0.699 bits per heavy atom. The summed E-state index contributed by atoms with van der Waals surface area (Å²) in [7, 11) is 5.34. The van der Waals surface area contributed by atoms with Crippen LogP contribution in [0.5, 0.6) is 11.5 Å². The van der Waals surface area contributed by atoms with E-state index in [0.29, 0.717) is 37.7 Å². The van der Waals surface area contributed by atoms with E-state index in [9.17, 15) is 9.90 Å². The van der Waals surface area contributed by atoms with Crippen LogP contribution in [0.4, 0.5) is 22.7 Å². The Morgan fingerprint density at radius 3 is 2.00 bits per heavy atom. The summed E-state index contributed by atoms with van der Waals surface area (Å²) in [6.45, 7) is 4.81. The lowest BCUT2D eigenvalue weighted by Gasteiger charge is -2.37. The van der Waals surface area contributed by atoms with Gasteiger partial charge in [0.1, 0.15) is 28.4 Å². The smallest absolute Gasteiger partial charge is 0.254 e. The van der Waals surface area contributed by atoms with Crippen LogP contribution in [-0.2, 0) is 15.1 Å². The van der Waals surface area contributed by atoms with Gasteiger partial charge in [0.25, 0.3) is 5.91 Å². The molecule has 1 unspecified atom stereocenters. The summed E-state index contributed by atoms with van der Waals surface area (Å²) < 4.78 is 27.1. The van der Waals surface area contributed by atoms with E-state index in [4.69, 9.17) is 18.6 Å². The Labute approximate surface area is 430 Å². The third kappa shape index (κ3) is 8.98. The Morgan fingerprint density at radius 2 is 1.33 bits per heavy atom. The molecule has 4 aliphatic rings. The first kappa shape index (κ1) is 47.5. The van der Waals surface area contributed by atoms with Crippen LogP contribution in [0.2, 0.25) is 0 Å². The van der Waals surface area contributed by atoms with Crippen LogP contribution in [0.25, 0.3) is 33.4 Å². The Hall–Kier alpha value is -7.83. The maximum atomic E-state index is 14.2. The molecular weight excluding hydrogens is 929 g/mol. The molecule has 1 amide bonds. The van der Waals surface area contributed by atoms with Crippen molar-refractivity contribution >= 4 is 51.4 Å². The van der Waals surface area contributed by atoms with Crippen molar-refractivity contribution in [2.45, 2.75) is 28.4 Å². The Bertz CT molecular complexity index is 3420. The minimum atomic E-state index is -1.41. The molecule has 1 saturated heterocycles. The number of amides is 1. The number of carbonyl (C=O) groups excluding carboxylic acids is 1. The number of anilines is 4. The van der Waals surface area contributed by atoms with E-state index in [0.717, 1.165) is 73.4 Å². The molecular formula is C62H57N4O6S+. The normalized spacial score (nSPS) is 13.9. The van der Waals surface area contributed by atoms with Crippen molar-refractivity contribution in [3.63, 3.8) is 0 Å². The zero-order chi connectivity index (χ0) is 50.1. The number of aliphatic hydroxyl groups excluding tert-OH is 1. The molecule has 1 fully saturated rings. The largest absolute Gasteiger partial charge is 0.497 e. The monoisotopic (exact) mass is 985 g/mol. The van der Waals surface area contributed by atoms with Crippen molar-refractivity contribution in [2.24, 2.45) is 0 Å². The van der Waals surface area contributed by atoms with Gasteiger partial charge in [-0.1, -0.05) is 103 Å². The number of ether oxygens (including phenoxy) is 3. The van der Waals surface area contributed by atoms with E-state index in [2.05, 4.69) is 131 Å². The van der Waals surface area contributed by atoms with Crippen LogP contribution in [-0.4, -0.2) is 82.6 Å². The van der Waals surface area contributed by atoms with Crippen molar-refractivity contribution < 1.29 is 28.5 Å². The van der Waals surface area contributed by atoms with Crippen molar-refractivity contribution in [1.29, 1.82) is 0 Å². The van der Waals surface area contributed by atoms with Gasteiger partial charge < -0.3 is 38.4 Å². The SMILES string of the molecule is CCN1c2ccccc2Sc2cc(-c3c4ccc(=[N+]5CCN(C(=O)C(O)COC(c6ccccc6)(c6ccc(OC)cc6)c6ccc(OC)cc6)CC5)cc-4oc4cc(N(C)c5ccccc5)ccc34)ccc21. The van der Waals surface area contributed by atoms with Gasteiger partial charge in [-0.2, -0.15) is 0 Å². The second kappa shape index (κ2) is 20.4. The number of benzene rings is 8. The first-order chi connectivity index (χ1) is 35.8. The highest BCUT2D eigenvalue weighted by atomic mass is 32.2. The van der Waals surface area contributed by atoms with Crippen molar-refractivity contribution in [3.8, 4) is 33.9 Å². The average Bonchev–Trinajstić information content (AvgIpc) is 3.46. The zero-order valence-electron chi connectivity index (χ0n) is 41.4. The number of fused-ring (bicyclic) bond motifs is 4. The summed E-state index contributed by atoms with van der Waals surface area (Å²) in [5.41, 5.74) is 9.87. The number of aliphatic hydroxyl groups is 1. The van der Waals surface area contributed by atoms with Gasteiger partial charge >= 0.3 is 0 Å². The third-order valence-electron chi connectivity index (χ3n) is 14.3. The molecule has 0 saturated carbocycles. The molecule has 0 bridgehead atoms. The number of nitrogens with zero attached hydrogens (tertiary/aromatic N) is 4. The molecule has 1 atom stereocenters. The fraction of sp³-hybridized carbons (Fsp3) is 0.194. The standard InChI is InChI=1S/C62H57N4O6S/c1-5-66-53-18-12-13-19-58(53)73-59-38-42(20-33-54(59)66)60-51-31-25-47(63(2)46-16-10-7-11-17-46)39-56(51)72-57-40-48(26-32-52(57)60)64-34-36-65(37-35-64)61(68)55(67)41-71-62(43-14-8-6-9-15-43,44-21-27-49(69-3)28-22-44)45-23-29-50(70-4)30-24-45/h6-33,38-40,55,67H,5,34-37,41H2,1-4H3/q+1. The molecule has 73 heavy (non-hydrogen) atoms. The fourth-order valence-corrected chi connectivity index (χ4v) is 11.6. The number of methoxy groups -OCH3 is 2. The molecule has 366 valence electrons. The molecule has 7 aromatic carbocycles. The van der Waals surface area contributed by atoms with Gasteiger partial charge in [-0.15, -0.1) is 0 Å². The van der Waals surface area contributed by atoms with E-state index in [1.54, 1.807) is 19.1 Å². The lowest BCUT2D eigenvalue weighted by atomic mass is 9.80.